The van der Waals surface area contributed by atoms with Crippen molar-refractivity contribution in [1.29, 1.82) is 0 Å². The molecule has 48 valence electrons. The van der Waals surface area contributed by atoms with Crippen LogP contribution in [0.1, 0.15) is 6.92 Å². The number of alkyl halides is 1. The van der Waals surface area contributed by atoms with Crippen molar-refractivity contribution in [2.45, 2.75) is 12.3 Å². The first-order valence-corrected chi connectivity index (χ1v) is 3.09. The van der Waals surface area contributed by atoms with E-state index in [0.29, 0.717) is 6.61 Å². The van der Waals surface area contributed by atoms with Gasteiger partial charge in [0.2, 0.25) is 0 Å². The highest BCUT2D eigenvalue weighted by atomic mass is 35.5. The Morgan fingerprint density at radius 1 is 1.88 bits per heavy atom. The molecule has 0 amide bonds. The highest BCUT2D eigenvalue weighted by molar-refractivity contribution is 6.21. The van der Waals surface area contributed by atoms with Crippen molar-refractivity contribution >= 4 is 11.6 Å². The molecule has 0 rings (SSSR count). The summed E-state index contributed by atoms with van der Waals surface area (Å²) in [7, 11) is 0. The molecule has 2 heteroatoms. The fraction of sp³-hybridized carbons (Fsp3) is 0.667. The second-order valence-electron chi connectivity index (χ2n) is 1.41. The van der Waals surface area contributed by atoms with Crippen molar-refractivity contribution < 1.29 is 4.74 Å². The number of ether oxygens (including phenoxy) is 1. The van der Waals surface area contributed by atoms with Gasteiger partial charge >= 0.3 is 0 Å². The zero-order valence-corrected chi connectivity index (χ0v) is 5.82. The first-order valence-electron chi connectivity index (χ1n) is 2.65. The van der Waals surface area contributed by atoms with Crippen molar-refractivity contribution in [3.8, 4) is 0 Å². The molecular weight excluding hydrogens is 124 g/mol. The molecule has 0 aliphatic heterocycles. The van der Waals surface area contributed by atoms with Crippen LogP contribution in [0.4, 0.5) is 0 Å². The summed E-state index contributed by atoms with van der Waals surface area (Å²) in [5.41, 5.74) is 0. The van der Waals surface area contributed by atoms with E-state index in [1.54, 1.807) is 6.08 Å². The molecule has 0 saturated heterocycles. The molecule has 0 aromatic rings. The monoisotopic (exact) mass is 134 g/mol. The Hall–Kier alpha value is -0.0100. The Morgan fingerprint density at radius 3 is 2.88 bits per heavy atom. The molecule has 8 heavy (non-hydrogen) atoms. The highest BCUT2D eigenvalue weighted by Gasteiger charge is 1.94. The number of hydrogen-bond donors (Lipinski definition) is 0. The largest absolute Gasteiger partial charge is 0.380 e. The quantitative estimate of drug-likeness (QED) is 0.421. The van der Waals surface area contributed by atoms with Crippen LogP contribution in [0.15, 0.2) is 12.7 Å². The topological polar surface area (TPSA) is 9.23 Å². The minimum absolute atomic E-state index is 0.0325. The fourth-order valence-corrected chi connectivity index (χ4v) is 0.388. The second-order valence-corrected chi connectivity index (χ2v) is 1.97. The van der Waals surface area contributed by atoms with Gasteiger partial charge in [0.1, 0.15) is 0 Å². The van der Waals surface area contributed by atoms with E-state index in [1.165, 1.54) is 0 Å². The van der Waals surface area contributed by atoms with Crippen LogP contribution in [0.25, 0.3) is 0 Å². The van der Waals surface area contributed by atoms with Crippen LogP contribution in [0.5, 0.6) is 0 Å². The number of hydrogen-bond acceptors (Lipinski definition) is 1. The molecule has 0 bridgehead atoms. The van der Waals surface area contributed by atoms with Gasteiger partial charge in [-0.05, 0) is 6.92 Å². The van der Waals surface area contributed by atoms with Gasteiger partial charge in [0.05, 0.1) is 12.0 Å². The second kappa shape index (κ2) is 5.13. The lowest BCUT2D eigenvalue weighted by Crippen LogP contribution is -2.04. The van der Waals surface area contributed by atoms with Crippen LogP contribution in [-0.2, 0) is 4.74 Å². The Kier molecular flexibility index (Phi) is 5.13. The minimum atomic E-state index is -0.0325. The van der Waals surface area contributed by atoms with Gasteiger partial charge in [-0.25, -0.2) is 0 Å². The predicted octanol–water partition coefficient (Wildman–Crippen LogP) is 1.82. The van der Waals surface area contributed by atoms with E-state index in [9.17, 15) is 0 Å². The van der Waals surface area contributed by atoms with Crippen LogP contribution in [0.2, 0.25) is 0 Å². The van der Waals surface area contributed by atoms with Gasteiger partial charge < -0.3 is 4.74 Å². The maximum absolute atomic E-state index is 5.60. The molecule has 0 aromatic heterocycles. The molecule has 1 atom stereocenters. The van der Waals surface area contributed by atoms with Gasteiger partial charge in [0.15, 0.2) is 0 Å². The van der Waals surface area contributed by atoms with E-state index >= 15 is 0 Å². The van der Waals surface area contributed by atoms with Crippen molar-refractivity contribution in [2.24, 2.45) is 0 Å². The molecule has 0 N–H and O–H groups in total. The SMILES string of the molecule is C=CC(Cl)COCC. The Labute approximate surface area is 55.3 Å². The van der Waals surface area contributed by atoms with Crippen LogP contribution < -0.4 is 0 Å². The third-order valence-corrected chi connectivity index (χ3v) is 1.04. The lowest BCUT2D eigenvalue weighted by Gasteiger charge is -2.00. The molecular formula is C6H11ClO. The lowest BCUT2D eigenvalue weighted by molar-refractivity contribution is 0.154. The molecule has 0 aliphatic rings. The van der Waals surface area contributed by atoms with E-state index in [4.69, 9.17) is 16.3 Å². The standard InChI is InChI=1S/C6H11ClO/c1-3-6(7)5-8-4-2/h3,6H,1,4-5H2,2H3. The maximum atomic E-state index is 5.60. The number of rotatable bonds is 4. The Bertz CT molecular complexity index is 63.5. The van der Waals surface area contributed by atoms with Gasteiger partial charge in [-0.2, -0.15) is 0 Å². The zero-order chi connectivity index (χ0) is 6.41. The summed E-state index contributed by atoms with van der Waals surface area (Å²) in [6.07, 6.45) is 1.66. The zero-order valence-electron chi connectivity index (χ0n) is 5.06. The first kappa shape index (κ1) is 7.99. The maximum Gasteiger partial charge on any atom is 0.0747 e. The lowest BCUT2D eigenvalue weighted by atomic mass is 10.4. The Balaban J connectivity index is 2.98. The molecule has 0 aliphatic carbocycles. The molecule has 0 spiro atoms. The molecule has 0 heterocycles. The summed E-state index contributed by atoms with van der Waals surface area (Å²) >= 11 is 5.60. The summed E-state index contributed by atoms with van der Waals surface area (Å²) in [5.74, 6) is 0. The van der Waals surface area contributed by atoms with Crippen molar-refractivity contribution in [3.63, 3.8) is 0 Å². The summed E-state index contributed by atoms with van der Waals surface area (Å²) in [4.78, 5) is 0. The summed E-state index contributed by atoms with van der Waals surface area (Å²) in [5, 5.41) is -0.0325. The van der Waals surface area contributed by atoms with Crippen molar-refractivity contribution in [2.75, 3.05) is 13.2 Å². The van der Waals surface area contributed by atoms with E-state index in [1.807, 2.05) is 6.92 Å². The fourth-order valence-electron chi connectivity index (χ4n) is 0.298. The van der Waals surface area contributed by atoms with Crippen LogP contribution in [0.3, 0.4) is 0 Å². The van der Waals surface area contributed by atoms with Crippen LogP contribution in [-0.4, -0.2) is 18.6 Å². The van der Waals surface area contributed by atoms with E-state index in [2.05, 4.69) is 6.58 Å². The predicted molar refractivity (Wildman–Crippen MR) is 36.3 cm³/mol. The normalized spacial score (nSPS) is 13.2. The summed E-state index contributed by atoms with van der Waals surface area (Å²) < 4.78 is 4.98. The first-order chi connectivity index (χ1) is 3.81. The summed E-state index contributed by atoms with van der Waals surface area (Å²) in [6, 6.07) is 0. The molecule has 0 radical (unpaired) electrons. The van der Waals surface area contributed by atoms with Crippen LogP contribution in [0, 0.1) is 0 Å². The average molecular weight is 135 g/mol. The van der Waals surface area contributed by atoms with E-state index in [-0.39, 0.29) is 5.38 Å². The van der Waals surface area contributed by atoms with Gasteiger partial charge in [-0.15, -0.1) is 18.2 Å². The number of halogens is 1. The smallest absolute Gasteiger partial charge is 0.0747 e. The molecule has 0 saturated carbocycles. The summed E-state index contributed by atoms with van der Waals surface area (Å²) in [6.45, 7) is 6.73. The van der Waals surface area contributed by atoms with Gasteiger partial charge in [-0.1, -0.05) is 6.08 Å². The third kappa shape index (κ3) is 4.16. The van der Waals surface area contributed by atoms with Crippen LogP contribution >= 0.6 is 11.6 Å². The van der Waals surface area contributed by atoms with E-state index < -0.39 is 0 Å². The van der Waals surface area contributed by atoms with Gasteiger partial charge in [-0.3, -0.25) is 0 Å². The van der Waals surface area contributed by atoms with E-state index in [0.717, 1.165) is 6.61 Å². The average Bonchev–Trinajstić information content (AvgIpc) is 1.83. The van der Waals surface area contributed by atoms with Gasteiger partial charge in [0, 0.05) is 6.61 Å². The van der Waals surface area contributed by atoms with Crippen molar-refractivity contribution in [1.82, 2.24) is 0 Å². The highest BCUT2D eigenvalue weighted by Crippen LogP contribution is 1.95. The van der Waals surface area contributed by atoms with Crippen molar-refractivity contribution in [3.05, 3.63) is 12.7 Å². The Morgan fingerprint density at radius 2 is 2.50 bits per heavy atom. The minimum Gasteiger partial charge on any atom is -0.380 e. The molecule has 1 nitrogen and oxygen atoms in total. The third-order valence-electron chi connectivity index (χ3n) is 0.737. The van der Waals surface area contributed by atoms with Gasteiger partial charge in [0.25, 0.3) is 0 Å². The molecule has 0 fully saturated rings. The molecule has 1 unspecified atom stereocenters. The molecule has 0 aromatic carbocycles.